The van der Waals surface area contributed by atoms with Crippen LogP contribution >= 0.6 is 0 Å². The molecule has 7 heteroatoms. The van der Waals surface area contributed by atoms with E-state index in [1.54, 1.807) is 30.3 Å². The van der Waals surface area contributed by atoms with Crippen LogP contribution in [0.4, 0.5) is 4.39 Å². The van der Waals surface area contributed by atoms with Crippen LogP contribution in [0.25, 0.3) is 0 Å². The number of halogens is 1. The fourth-order valence-electron chi connectivity index (χ4n) is 2.93. The highest BCUT2D eigenvalue weighted by Gasteiger charge is 2.34. The van der Waals surface area contributed by atoms with Crippen LogP contribution in [-0.4, -0.2) is 42.4 Å². The van der Waals surface area contributed by atoms with E-state index in [1.165, 1.54) is 12.1 Å². The maximum absolute atomic E-state index is 13.4. The van der Waals surface area contributed by atoms with Gasteiger partial charge in [-0.25, -0.2) is 4.39 Å². The molecule has 2 aromatic rings. The number of esters is 1. The van der Waals surface area contributed by atoms with Crippen molar-refractivity contribution >= 4 is 17.8 Å². The van der Waals surface area contributed by atoms with Gasteiger partial charge in [-0.15, -0.1) is 0 Å². The van der Waals surface area contributed by atoms with Gasteiger partial charge in [-0.3, -0.25) is 19.3 Å². The lowest BCUT2D eigenvalue weighted by Gasteiger charge is -2.13. The number of ether oxygens (including phenoxy) is 2. The summed E-state index contributed by atoms with van der Waals surface area (Å²) in [6.45, 7) is 2.02. The molecule has 3 rings (SSSR count). The zero-order chi connectivity index (χ0) is 20.1. The lowest BCUT2D eigenvalue weighted by molar-refractivity contribution is -0.144. The van der Waals surface area contributed by atoms with E-state index in [1.807, 2.05) is 6.92 Å². The number of carbonyl (C=O) groups excluding carboxylic acids is 3. The van der Waals surface area contributed by atoms with Gasteiger partial charge in [0.25, 0.3) is 11.8 Å². The minimum atomic E-state index is -0.482. The molecule has 0 aromatic heterocycles. The number of hydrogen-bond donors (Lipinski definition) is 0. The van der Waals surface area contributed by atoms with Crippen LogP contribution in [0.2, 0.25) is 0 Å². The Kier molecular flexibility index (Phi) is 6.03. The van der Waals surface area contributed by atoms with Crippen molar-refractivity contribution in [2.45, 2.75) is 19.8 Å². The second-order valence-corrected chi connectivity index (χ2v) is 6.41. The van der Waals surface area contributed by atoms with Crippen molar-refractivity contribution in [3.63, 3.8) is 0 Å². The molecule has 2 amide bonds. The molecule has 6 nitrogen and oxygen atoms in total. The second kappa shape index (κ2) is 8.65. The van der Waals surface area contributed by atoms with Crippen molar-refractivity contribution in [2.24, 2.45) is 0 Å². The first-order valence-corrected chi connectivity index (χ1v) is 8.97. The van der Waals surface area contributed by atoms with Gasteiger partial charge in [-0.2, -0.15) is 0 Å². The standard InChI is InChI=1S/C21H20FNO5/c1-14-8-9-15-16(13-14)21(26)23(20(15)25)10-4-7-19(24)28-12-11-27-18-6-3-2-5-17(18)22/h2-3,5-6,8-9,13H,4,7,10-12H2,1H3. The minimum absolute atomic E-state index is 0.0144. The highest BCUT2D eigenvalue weighted by atomic mass is 19.1. The summed E-state index contributed by atoms with van der Waals surface area (Å²) in [5.74, 6) is -1.53. The van der Waals surface area contributed by atoms with Crippen LogP contribution in [-0.2, 0) is 9.53 Å². The average molecular weight is 385 g/mol. The fraction of sp³-hybridized carbons (Fsp3) is 0.286. The first kappa shape index (κ1) is 19.5. The summed E-state index contributed by atoms with van der Waals surface area (Å²) < 4.78 is 23.6. The molecule has 1 aliphatic heterocycles. The van der Waals surface area contributed by atoms with Crippen LogP contribution in [0.15, 0.2) is 42.5 Å². The highest BCUT2D eigenvalue weighted by molar-refractivity contribution is 6.21. The van der Waals surface area contributed by atoms with E-state index < -0.39 is 11.8 Å². The van der Waals surface area contributed by atoms with E-state index in [0.29, 0.717) is 17.5 Å². The molecule has 0 saturated heterocycles. The lowest BCUT2D eigenvalue weighted by Crippen LogP contribution is -2.31. The molecule has 0 atom stereocenters. The largest absolute Gasteiger partial charge is 0.487 e. The summed E-state index contributed by atoms with van der Waals surface area (Å²) in [4.78, 5) is 37.6. The normalized spacial score (nSPS) is 12.9. The summed E-state index contributed by atoms with van der Waals surface area (Å²) >= 11 is 0. The van der Waals surface area contributed by atoms with E-state index in [-0.39, 0.29) is 43.7 Å². The number of imide groups is 1. The van der Waals surface area contributed by atoms with Gasteiger partial charge in [-0.1, -0.05) is 23.8 Å². The predicted molar refractivity (Wildman–Crippen MR) is 98.6 cm³/mol. The Bertz CT molecular complexity index is 911. The number of benzene rings is 2. The van der Waals surface area contributed by atoms with Gasteiger partial charge < -0.3 is 9.47 Å². The molecule has 0 fully saturated rings. The SMILES string of the molecule is Cc1ccc2c(c1)C(=O)N(CCCC(=O)OCCOc1ccccc1F)C2=O. The fourth-order valence-corrected chi connectivity index (χ4v) is 2.93. The summed E-state index contributed by atoms with van der Waals surface area (Å²) in [5.41, 5.74) is 1.70. The zero-order valence-corrected chi connectivity index (χ0v) is 15.4. The Balaban J connectivity index is 1.38. The minimum Gasteiger partial charge on any atom is -0.487 e. The molecule has 0 radical (unpaired) electrons. The van der Waals surface area contributed by atoms with Crippen molar-refractivity contribution in [3.8, 4) is 5.75 Å². The summed E-state index contributed by atoms with van der Waals surface area (Å²) in [5, 5.41) is 0. The lowest BCUT2D eigenvalue weighted by atomic mass is 10.1. The first-order valence-electron chi connectivity index (χ1n) is 8.97. The number of rotatable bonds is 8. The van der Waals surface area contributed by atoms with Crippen LogP contribution in [0.1, 0.15) is 39.1 Å². The van der Waals surface area contributed by atoms with Gasteiger partial charge in [0.15, 0.2) is 11.6 Å². The Morgan fingerprint density at radius 2 is 1.79 bits per heavy atom. The van der Waals surface area contributed by atoms with Crippen molar-refractivity contribution in [2.75, 3.05) is 19.8 Å². The van der Waals surface area contributed by atoms with Gasteiger partial charge in [0.05, 0.1) is 11.1 Å². The third-order valence-electron chi connectivity index (χ3n) is 4.33. The molecule has 28 heavy (non-hydrogen) atoms. The molecule has 0 bridgehead atoms. The van der Waals surface area contributed by atoms with E-state index in [2.05, 4.69) is 0 Å². The molecule has 0 spiro atoms. The maximum atomic E-state index is 13.4. The third kappa shape index (κ3) is 4.36. The third-order valence-corrected chi connectivity index (χ3v) is 4.33. The van der Waals surface area contributed by atoms with Crippen molar-refractivity contribution in [1.29, 1.82) is 0 Å². The number of amides is 2. The molecule has 0 aliphatic carbocycles. The van der Waals surface area contributed by atoms with E-state index in [4.69, 9.17) is 9.47 Å². The molecule has 2 aromatic carbocycles. The van der Waals surface area contributed by atoms with E-state index in [0.717, 1.165) is 10.5 Å². The number of nitrogens with zero attached hydrogens (tertiary/aromatic N) is 1. The van der Waals surface area contributed by atoms with E-state index >= 15 is 0 Å². The smallest absolute Gasteiger partial charge is 0.305 e. The molecule has 146 valence electrons. The molecule has 0 N–H and O–H groups in total. The summed E-state index contributed by atoms with van der Waals surface area (Å²) in [6.07, 6.45) is 0.365. The molecular formula is C21H20FNO5. The molecule has 1 aliphatic rings. The number of hydrogen-bond acceptors (Lipinski definition) is 5. The number of carbonyl (C=O) groups is 3. The topological polar surface area (TPSA) is 72.9 Å². The second-order valence-electron chi connectivity index (χ2n) is 6.41. The van der Waals surface area contributed by atoms with Crippen LogP contribution in [0, 0.1) is 12.7 Å². The monoisotopic (exact) mass is 385 g/mol. The molecule has 1 heterocycles. The van der Waals surface area contributed by atoms with Crippen molar-refractivity contribution in [3.05, 3.63) is 65.0 Å². The Hall–Kier alpha value is -3.22. The van der Waals surface area contributed by atoms with Gasteiger partial charge in [0.2, 0.25) is 0 Å². The predicted octanol–water partition coefficient (Wildman–Crippen LogP) is 3.13. The van der Waals surface area contributed by atoms with Crippen LogP contribution in [0.3, 0.4) is 0 Å². The Morgan fingerprint density at radius 1 is 1.04 bits per heavy atom. The quantitative estimate of drug-likeness (QED) is 0.397. The van der Waals surface area contributed by atoms with Crippen LogP contribution in [0.5, 0.6) is 5.75 Å². The summed E-state index contributed by atoms with van der Waals surface area (Å²) in [6, 6.07) is 11.1. The molecule has 0 saturated carbocycles. The van der Waals surface area contributed by atoms with E-state index in [9.17, 15) is 18.8 Å². The highest BCUT2D eigenvalue weighted by Crippen LogP contribution is 2.24. The van der Waals surface area contributed by atoms with Crippen molar-refractivity contribution < 1.29 is 28.2 Å². The van der Waals surface area contributed by atoms with Gasteiger partial charge in [-0.05, 0) is 37.6 Å². The average Bonchev–Trinajstić information content (AvgIpc) is 2.91. The zero-order valence-electron chi connectivity index (χ0n) is 15.4. The maximum Gasteiger partial charge on any atom is 0.305 e. The van der Waals surface area contributed by atoms with Gasteiger partial charge in [0, 0.05) is 13.0 Å². The number of aryl methyl sites for hydroxylation is 1. The van der Waals surface area contributed by atoms with Gasteiger partial charge in [0.1, 0.15) is 13.2 Å². The summed E-state index contributed by atoms with van der Waals surface area (Å²) in [7, 11) is 0. The molecular weight excluding hydrogens is 365 g/mol. The first-order chi connectivity index (χ1) is 13.5. The number of para-hydroxylation sites is 1. The molecule has 0 unspecified atom stereocenters. The Morgan fingerprint density at radius 3 is 2.57 bits per heavy atom. The Labute approximate surface area is 161 Å². The van der Waals surface area contributed by atoms with Gasteiger partial charge >= 0.3 is 5.97 Å². The number of fused-ring (bicyclic) bond motifs is 1. The van der Waals surface area contributed by atoms with Crippen LogP contribution < -0.4 is 4.74 Å². The van der Waals surface area contributed by atoms with Crippen molar-refractivity contribution in [1.82, 2.24) is 4.90 Å².